The van der Waals surface area contributed by atoms with Crippen molar-refractivity contribution in [2.75, 3.05) is 0 Å². The highest BCUT2D eigenvalue weighted by atomic mass is 35.5. The normalized spacial score (nSPS) is 12.3. The van der Waals surface area contributed by atoms with Crippen molar-refractivity contribution >= 4 is 34.3 Å². The van der Waals surface area contributed by atoms with E-state index in [1.165, 1.54) is 18.2 Å². The molecule has 2 aromatic carbocycles. The third-order valence-corrected chi connectivity index (χ3v) is 7.04. The minimum atomic E-state index is -4.64. The Kier molecular flexibility index (Phi) is 7.19. The van der Waals surface area contributed by atoms with E-state index in [1.54, 1.807) is 34.6 Å². The molecule has 0 aliphatic rings. The molecule has 0 unspecified atom stereocenters. The summed E-state index contributed by atoms with van der Waals surface area (Å²) in [5, 5.41) is 23.4. The molecule has 0 aliphatic heterocycles. The molecule has 11 heteroatoms. The molecule has 0 amide bonds. The van der Waals surface area contributed by atoms with Gasteiger partial charge in [-0.25, -0.2) is 4.39 Å². The Morgan fingerprint density at radius 2 is 1.91 bits per heavy atom. The molecule has 0 saturated heterocycles. The summed E-state index contributed by atoms with van der Waals surface area (Å²) in [6.45, 7) is 4.49. The van der Waals surface area contributed by atoms with Crippen LogP contribution in [-0.4, -0.2) is 30.9 Å². The van der Waals surface area contributed by atoms with E-state index in [2.05, 4.69) is 5.10 Å². The summed E-state index contributed by atoms with van der Waals surface area (Å²) in [5.41, 5.74) is 0.354. The Bertz CT molecular complexity index is 1380. The van der Waals surface area contributed by atoms with Gasteiger partial charge >= 0.3 is 6.18 Å². The summed E-state index contributed by atoms with van der Waals surface area (Å²) in [4.78, 5) is 1.07. The van der Waals surface area contributed by atoms with Gasteiger partial charge in [-0.1, -0.05) is 30.3 Å². The number of hydrogen-bond donors (Lipinski definition) is 2. The third kappa shape index (κ3) is 5.06. The van der Waals surface area contributed by atoms with Crippen molar-refractivity contribution in [2.24, 2.45) is 0 Å². The second-order valence-corrected chi connectivity index (χ2v) is 9.56. The molecule has 35 heavy (non-hydrogen) atoms. The molecule has 0 spiro atoms. The zero-order valence-electron chi connectivity index (χ0n) is 18.8. The molecule has 2 aromatic heterocycles. The molecule has 186 valence electrons. The summed E-state index contributed by atoms with van der Waals surface area (Å²) in [5.74, 6) is -0.612. The second-order valence-electron chi connectivity index (χ2n) is 8.07. The number of fused-ring (bicyclic) bond motifs is 1. The molecule has 5 nitrogen and oxygen atoms in total. The lowest BCUT2D eigenvalue weighted by atomic mass is 10.0. The van der Waals surface area contributed by atoms with Gasteiger partial charge in [0.2, 0.25) is 0 Å². The maximum absolute atomic E-state index is 15.3. The standard InChI is InChI=1S/C24H22ClF4N3O2S/c1-3-8-31-12-15(11-30-31)32-13(2)23(17-5-7-19(25)21(26)22(17)32)35-16-4-6-18(24(27,28)29)14(9-16)10-20(33)34/h4-7,9,11-12,20,33-34H,3,8,10H2,1-2H3. The van der Waals surface area contributed by atoms with Gasteiger partial charge in [0.25, 0.3) is 0 Å². The lowest BCUT2D eigenvalue weighted by Crippen LogP contribution is -2.15. The number of aryl methyl sites for hydroxylation is 1. The molecular weight excluding hydrogens is 506 g/mol. The van der Waals surface area contributed by atoms with Crippen molar-refractivity contribution in [1.82, 2.24) is 14.3 Å². The van der Waals surface area contributed by atoms with Crippen molar-refractivity contribution < 1.29 is 27.8 Å². The van der Waals surface area contributed by atoms with Crippen LogP contribution in [0, 0.1) is 12.7 Å². The van der Waals surface area contributed by atoms with Crippen LogP contribution in [0.25, 0.3) is 16.6 Å². The predicted molar refractivity (Wildman–Crippen MR) is 127 cm³/mol. The minimum absolute atomic E-state index is 0.0532. The number of benzene rings is 2. The van der Waals surface area contributed by atoms with Gasteiger partial charge in [0.15, 0.2) is 12.1 Å². The summed E-state index contributed by atoms with van der Waals surface area (Å²) in [6.07, 6.45) is -2.87. The first-order chi connectivity index (χ1) is 16.5. The lowest BCUT2D eigenvalue weighted by Gasteiger charge is -2.15. The Labute approximate surface area is 207 Å². The monoisotopic (exact) mass is 527 g/mol. The second kappa shape index (κ2) is 9.85. The van der Waals surface area contributed by atoms with Gasteiger partial charge in [-0.15, -0.1) is 0 Å². The van der Waals surface area contributed by atoms with Crippen LogP contribution in [0.1, 0.15) is 30.2 Å². The van der Waals surface area contributed by atoms with Crippen LogP contribution in [0.5, 0.6) is 0 Å². The molecule has 0 atom stereocenters. The summed E-state index contributed by atoms with van der Waals surface area (Å²) in [6, 6.07) is 6.62. The van der Waals surface area contributed by atoms with Gasteiger partial charge in [-0.05, 0) is 49.2 Å². The zero-order valence-corrected chi connectivity index (χ0v) is 20.3. The van der Waals surface area contributed by atoms with E-state index in [1.807, 2.05) is 6.92 Å². The number of rotatable bonds is 7. The molecule has 2 N–H and O–H groups in total. The van der Waals surface area contributed by atoms with Crippen LogP contribution < -0.4 is 0 Å². The average molecular weight is 528 g/mol. The van der Waals surface area contributed by atoms with Gasteiger partial charge in [-0.3, -0.25) is 4.68 Å². The van der Waals surface area contributed by atoms with Crippen molar-refractivity contribution in [2.45, 2.75) is 55.5 Å². The topological polar surface area (TPSA) is 63.2 Å². The maximum atomic E-state index is 15.3. The van der Waals surface area contributed by atoms with E-state index in [9.17, 15) is 23.4 Å². The highest BCUT2D eigenvalue weighted by Gasteiger charge is 2.34. The number of halogens is 5. The Balaban J connectivity index is 1.86. The Hall–Kier alpha value is -2.53. The van der Waals surface area contributed by atoms with Crippen LogP contribution >= 0.6 is 23.4 Å². The molecular formula is C24H22ClF4N3O2S. The van der Waals surface area contributed by atoms with Crippen molar-refractivity contribution in [3.8, 4) is 5.69 Å². The summed E-state index contributed by atoms with van der Waals surface area (Å²) >= 11 is 7.25. The van der Waals surface area contributed by atoms with Crippen molar-refractivity contribution in [1.29, 1.82) is 0 Å². The van der Waals surface area contributed by atoms with Gasteiger partial charge in [0.1, 0.15) is 0 Å². The van der Waals surface area contributed by atoms with Crippen LogP contribution in [0.4, 0.5) is 17.6 Å². The SMILES string of the molecule is CCCn1cc(-n2c(C)c(Sc3ccc(C(F)(F)F)c(CC(O)O)c3)c3ccc(Cl)c(F)c32)cn1. The number of alkyl halides is 3. The fraction of sp³-hybridized carbons (Fsp3) is 0.292. The molecule has 2 heterocycles. The van der Waals surface area contributed by atoms with Gasteiger partial charge in [0, 0.05) is 40.0 Å². The first kappa shape index (κ1) is 25.6. The van der Waals surface area contributed by atoms with E-state index in [4.69, 9.17) is 11.6 Å². The quantitative estimate of drug-likeness (QED) is 0.217. The number of hydrogen-bond acceptors (Lipinski definition) is 4. The van der Waals surface area contributed by atoms with E-state index in [0.29, 0.717) is 33.1 Å². The van der Waals surface area contributed by atoms with Gasteiger partial charge in [0.05, 0.1) is 28.0 Å². The van der Waals surface area contributed by atoms with Crippen LogP contribution in [0.3, 0.4) is 0 Å². The number of aromatic nitrogens is 3. The highest BCUT2D eigenvalue weighted by Crippen LogP contribution is 2.43. The van der Waals surface area contributed by atoms with Crippen LogP contribution in [-0.2, 0) is 19.1 Å². The van der Waals surface area contributed by atoms with Crippen LogP contribution in [0.2, 0.25) is 5.02 Å². The molecule has 0 fully saturated rings. The summed E-state index contributed by atoms with van der Waals surface area (Å²) < 4.78 is 59.0. The van der Waals surface area contributed by atoms with Crippen molar-refractivity contribution in [3.05, 3.63) is 70.4 Å². The van der Waals surface area contributed by atoms with E-state index in [0.717, 1.165) is 24.2 Å². The van der Waals surface area contributed by atoms with Gasteiger partial charge in [-0.2, -0.15) is 18.3 Å². The van der Waals surface area contributed by atoms with E-state index in [-0.39, 0.29) is 16.1 Å². The molecule has 4 aromatic rings. The number of aliphatic hydroxyl groups is 2. The van der Waals surface area contributed by atoms with Crippen LogP contribution in [0.15, 0.2) is 52.5 Å². The van der Waals surface area contributed by atoms with Crippen molar-refractivity contribution in [3.63, 3.8) is 0 Å². The largest absolute Gasteiger partial charge is 0.416 e. The predicted octanol–water partition coefficient (Wildman–Crippen LogP) is 6.36. The first-order valence-corrected chi connectivity index (χ1v) is 12.0. The number of aliphatic hydroxyl groups excluding tert-OH is 1. The Morgan fingerprint density at radius 1 is 1.17 bits per heavy atom. The molecule has 4 rings (SSSR count). The molecule has 0 radical (unpaired) electrons. The first-order valence-electron chi connectivity index (χ1n) is 10.8. The molecule has 0 aliphatic carbocycles. The molecule has 0 saturated carbocycles. The minimum Gasteiger partial charge on any atom is -0.368 e. The number of nitrogens with zero attached hydrogens (tertiary/aromatic N) is 3. The third-order valence-electron chi connectivity index (χ3n) is 5.54. The smallest absolute Gasteiger partial charge is 0.368 e. The maximum Gasteiger partial charge on any atom is 0.416 e. The lowest BCUT2D eigenvalue weighted by molar-refractivity contribution is -0.138. The zero-order chi connectivity index (χ0) is 25.5. The average Bonchev–Trinajstić information content (AvgIpc) is 3.33. The van der Waals surface area contributed by atoms with Gasteiger partial charge < -0.3 is 14.8 Å². The fourth-order valence-corrected chi connectivity index (χ4v) is 5.31. The van der Waals surface area contributed by atoms with E-state index >= 15 is 4.39 Å². The molecule has 0 bridgehead atoms. The summed E-state index contributed by atoms with van der Waals surface area (Å²) in [7, 11) is 0. The highest BCUT2D eigenvalue weighted by molar-refractivity contribution is 7.99. The fourth-order valence-electron chi connectivity index (χ4n) is 4.07. The Morgan fingerprint density at radius 3 is 2.57 bits per heavy atom. The van der Waals surface area contributed by atoms with E-state index < -0.39 is 30.3 Å².